The van der Waals surface area contributed by atoms with Crippen LogP contribution < -0.4 is 10.1 Å². The predicted octanol–water partition coefficient (Wildman–Crippen LogP) is 3.43. The Morgan fingerprint density at radius 2 is 2.00 bits per heavy atom. The summed E-state index contributed by atoms with van der Waals surface area (Å²) in [5.74, 6) is 1.36. The number of aromatic nitrogens is 2. The fourth-order valence-electron chi connectivity index (χ4n) is 1.77. The van der Waals surface area contributed by atoms with E-state index in [-0.39, 0.29) is 5.69 Å². The van der Waals surface area contributed by atoms with Crippen molar-refractivity contribution in [3.05, 3.63) is 45.8 Å². The highest BCUT2D eigenvalue weighted by atomic mass is 32.1. The zero-order valence-electron chi connectivity index (χ0n) is 10.9. The number of benzene rings is 1. The van der Waals surface area contributed by atoms with Crippen molar-refractivity contribution in [2.75, 3.05) is 12.4 Å². The van der Waals surface area contributed by atoms with E-state index in [2.05, 4.69) is 15.3 Å². The van der Waals surface area contributed by atoms with Crippen molar-refractivity contribution < 1.29 is 9.66 Å². The van der Waals surface area contributed by atoms with Crippen LogP contribution in [0.15, 0.2) is 35.7 Å². The molecule has 3 aromatic rings. The van der Waals surface area contributed by atoms with E-state index in [9.17, 15) is 10.1 Å². The number of nitrogens with one attached hydrogen (secondary N) is 1. The van der Waals surface area contributed by atoms with E-state index < -0.39 is 4.92 Å². The third-order valence-electron chi connectivity index (χ3n) is 2.78. The van der Waals surface area contributed by atoms with Gasteiger partial charge in [0.05, 0.1) is 10.3 Å². The van der Waals surface area contributed by atoms with Crippen LogP contribution in [0.5, 0.6) is 11.6 Å². The first-order valence-electron chi connectivity index (χ1n) is 6.02. The molecule has 2 aromatic heterocycles. The normalized spacial score (nSPS) is 10.5. The number of thiophene rings is 1. The molecule has 0 atom stereocenters. The molecule has 0 aliphatic heterocycles. The van der Waals surface area contributed by atoms with Gasteiger partial charge in [0.2, 0.25) is 11.8 Å². The maximum absolute atomic E-state index is 10.6. The zero-order chi connectivity index (χ0) is 14.8. The highest BCUT2D eigenvalue weighted by Crippen LogP contribution is 2.31. The van der Waals surface area contributed by atoms with Crippen LogP contribution in [0, 0.1) is 10.1 Å². The van der Waals surface area contributed by atoms with Crippen molar-refractivity contribution in [1.29, 1.82) is 0 Å². The van der Waals surface area contributed by atoms with Gasteiger partial charge in [-0.3, -0.25) is 10.1 Å². The molecule has 8 heteroatoms. The van der Waals surface area contributed by atoms with Gasteiger partial charge in [-0.1, -0.05) is 0 Å². The summed E-state index contributed by atoms with van der Waals surface area (Å²) < 4.78 is 5.72. The standard InChI is InChI=1S/C13H10N4O3S/c1-14-13-15-11(10-6-7-21-12(10)16-13)20-9-4-2-8(3-5-9)17(18)19/h2-7H,1H3,(H,14,15,16). The number of hydrogen-bond donors (Lipinski definition) is 1. The van der Waals surface area contributed by atoms with E-state index in [1.807, 2.05) is 11.4 Å². The lowest BCUT2D eigenvalue weighted by Crippen LogP contribution is -1.98. The maximum atomic E-state index is 10.6. The van der Waals surface area contributed by atoms with Crippen molar-refractivity contribution in [2.45, 2.75) is 0 Å². The smallest absolute Gasteiger partial charge is 0.269 e. The SMILES string of the molecule is CNc1nc(Oc2ccc([N+](=O)[O-])cc2)c2ccsc2n1. The van der Waals surface area contributed by atoms with E-state index in [0.29, 0.717) is 17.6 Å². The van der Waals surface area contributed by atoms with Gasteiger partial charge in [0.25, 0.3) is 5.69 Å². The minimum Gasteiger partial charge on any atom is -0.438 e. The predicted molar refractivity (Wildman–Crippen MR) is 80.1 cm³/mol. The van der Waals surface area contributed by atoms with Crippen LogP contribution in [-0.2, 0) is 0 Å². The topological polar surface area (TPSA) is 90.2 Å². The van der Waals surface area contributed by atoms with Crippen LogP contribution in [0.3, 0.4) is 0 Å². The number of hydrogen-bond acceptors (Lipinski definition) is 7. The molecule has 21 heavy (non-hydrogen) atoms. The Morgan fingerprint density at radius 1 is 1.24 bits per heavy atom. The van der Waals surface area contributed by atoms with Gasteiger partial charge >= 0.3 is 0 Å². The quantitative estimate of drug-likeness (QED) is 0.586. The van der Waals surface area contributed by atoms with E-state index in [1.54, 1.807) is 7.05 Å². The Bertz CT molecular complexity index is 801. The van der Waals surface area contributed by atoms with Crippen molar-refractivity contribution in [2.24, 2.45) is 0 Å². The summed E-state index contributed by atoms with van der Waals surface area (Å²) in [5.41, 5.74) is 0.0154. The molecule has 0 fully saturated rings. The van der Waals surface area contributed by atoms with Gasteiger partial charge < -0.3 is 10.1 Å². The summed E-state index contributed by atoms with van der Waals surface area (Å²) in [7, 11) is 1.73. The molecule has 0 amide bonds. The largest absolute Gasteiger partial charge is 0.438 e. The van der Waals surface area contributed by atoms with E-state index >= 15 is 0 Å². The molecule has 3 rings (SSSR count). The molecule has 106 valence electrons. The first-order chi connectivity index (χ1) is 10.2. The molecule has 7 nitrogen and oxygen atoms in total. The van der Waals surface area contributed by atoms with Crippen LogP contribution in [0.25, 0.3) is 10.2 Å². The maximum Gasteiger partial charge on any atom is 0.269 e. The second-order valence-electron chi connectivity index (χ2n) is 4.09. The van der Waals surface area contributed by atoms with Gasteiger partial charge in [0.1, 0.15) is 10.6 Å². The van der Waals surface area contributed by atoms with Gasteiger partial charge in [0.15, 0.2) is 0 Å². The Labute approximate surface area is 123 Å². The summed E-state index contributed by atoms with van der Waals surface area (Å²) in [4.78, 5) is 19.6. The summed E-state index contributed by atoms with van der Waals surface area (Å²) in [5, 5.41) is 16.2. The van der Waals surface area contributed by atoms with Crippen molar-refractivity contribution >= 4 is 33.2 Å². The first kappa shape index (κ1) is 13.3. The monoisotopic (exact) mass is 302 g/mol. The van der Waals surface area contributed by atoms with Gasteiger partial charge in [0, 0.05) is 19.2 Å². The third-order valence-corrected chi connectivity index (χ3v) is 3.58. The van der Waals surface area contributed by atoms with Crippen LogP contribution in [-0.4, -0.2) is 21.9 Å². The van der Waals surface area contributed by atoms with Crippen molar-refractivity contribution in [3.63, 3.8) is 0 Å². The van der Waals surface area contributed by atoms with Gasteiger partial charge in [-0.2, -0.15) is 4.98 Å². The summed E-state index contributed by atoms with van der Waals surface area (Å²) in [6.45, 7) is 0. The molecule has 0 radical (unpaired) electrons. The molecule has 0 spiro atoms. The molecule has 2 heterocycles. The summed E-state index contributed by atoms with van der Waals surface area (Å²) in [6.07, 6.45) is 0. The minimum atomic E-state index is -0.454. The number of nitro benzene ring substituents is 1. The number of non-ortho nitro benzene ring substituents is 1. The fraction of sp³-hybridized carbons (Fsp3) is 0.0769. The molecule has 0 saturated heterocycles. The Kier molecular flexibility index (Phi) is 3.36. The van der Waals surface area contributed by atoms with E-state index in [4.69, 9.17) is 4.74 Å². The number of rotatable bonds is 4. The van der Waals surface area contributed by atoms with E-state index in [1.165, 1.54) is 35.6 Å². The Balaban J connectivity index is 1.97. The van der Waals surface area contributed by atoms with Crippen LogP contribution >= 0.6 is 11.3 Å². The van der Waals surface area contributed by atoms with Crippen LogP contribution in [0.1, 0.15) is 0 Å². The average Bonchev–Trinajstić information content (AvgIpc) is 2.96. The van der Waals surface area contributed by atoms with E-state index in [0.717, 1.165) is 10.2 Å². The van der Waals surface area contributed by atoms with Crippen molar-refractivity contribution in [3.8, 4) is 11.6 Å². The number of fused-ring (bicyclic) bond motifs is 1. The van der Waals surface area contributed by atoms with Crippen molar-refractivity contribution in [1.82, 2.24) is 9.97 Å². The molecule has 0 aliphatic carbocycles. The second-order valence-corrected chi connectivity index (χ2v) is 4.99. The minimum absolute atomic E-state index is 0.0154. The van der Waals surface area contributed by atoms with Gasteiger partial charge in [-0.15, -0.1) is 11.3 Å². The summed E-state index contributed by atoms with van der Waals surface area (Å²) in [6, 6.07) is 7.73. The highest BCUT2D eigenvalue weighted by molar-refractivity contribution is 7.16. The molecular weight excluding hydrogens is 292 g/mol. The third kappa shape index (κ3) is 2.61. The lowest BCUT2D eigenvalue weighted by atomic mass is 10.3. The van der Waals surface area contributed by atoms with Crippen LogP contribution in [0.4, 0.5) is 11.6 Å². The highest BCUT2D eigenvalue weighted by Gasteiger charge is 2.11. The lowest BCUT2D eigenvalue weighted by molar-refractivity contribution is -0.384. The molecule has 0 unspecified atom stereocenters. The number of ether oxygens (including phenoxy) is 1. The van der Waals surface area contributed by atoms with Crippen LogP contribution in [0.2, 0.25) is 0 Å². The molecule has 0 bridgehead atoms. The number of nitro groups is 1. The molecule has 1 N–H and O–H groups in total. The molecule has 0 saturated carbocycles. The molecular formula is C13H10N4O3S. The average molecular weight is 302 g/mol. The zero-order valence-corrected chi connectivity index (χ0v) is 11.8. The molecule has 0 aliphatic rings. The second kappa shape index (κ2) is 5.33. The first-order valence-corrected chi connectivity index (χ1v) is 6.90. The number of nitrogens with zero attached hydrogens (tertiary/aromatic N) is 3. The summed E-state index contributed by atoms with van der Waals surface area (Å²) >= 11 is 1.49. The fourth-order valence-corrected chi connectivity index (χ4v) is 2.52. The lowest BCUT2D eigenvalue weighted by Gasteiger charge is -2.07. The van der Waals surface area contributed by atoms with Gasteiger partial charge in [-0.25, -0.2) is 4.98 Å². The molecule has 1 aromatic carbocycles. The van der Waals surface area contributed by atoms with Gasteiger partial charge in [-0.05, 0) is 23.6 Å². The Morgan fingerprint density at radius 3 is 2.67 bits per heavy atom. The number of anilines is 1. The Hall–Kier alpha value is -2.74.